The van der Waals surface area contributed by atoms with Crippen LogP contribution in [0.1, 0.15) is 30.5 Å². The van der Waals surface area contributed by atoms with E-state index in [0.717, 1.165) is 34.3 Å². The molecule has 1 aromatic heterocycles. The number of nitrogens with one attached hydrogen (secondary N) is 1. The highest BCUT2D eigenvalue weighted by atomic mass is 35.5. The molecule has 1 amide bonds. The molecule has 0 unspecified atom stereocenters. The second-order valence-electron chi connectivity index (χ2n) is 9.54. The fourth-order valence-electron chi connectivity index (χ4n) is 4.67. The molecule has 0 saturated heterocycles. The minimum atomic E-state index is -0.0665. The molecule has 0 saturated carbocycles. The first-order chi connectivity index (χ1) is 19.1. The maximum Gasteiger partial charge on any atom is 0.222 e. The first kappa shape index (κ1) is 26.4. The number of rotatable bonds is 10. The molecular formula is C33H31ClN4O. The molecule has 0 radical (unpaired) electrons. The number of hydrogen-bond acceptors (Lipinski definition) is 4. The minimum absolute atomic E-state index is 0.000697. The number of amides is 1. The van der Waals surface area contributed by atoms with Crippen LogP contribution in [0, 0.1) is 0 Å². The third kappa shape index (κ3) is 6.62. The van der Waals surface area contributed by atoms with E-state index in [-0.39, 0.29) is 11.9 Å². The van der Waals surface area contributed by atoms with Gasteiger partial charge in [0.25, 0.3) is 0 Å². The maximum absolute atomic E-state index is 13.0. The molecule has 0 spiro atoms. The quantitative estimate of drug-likeness (QED) is 0.205. The lowest BCUT2D eigenvalue weighted by Gasteiger charge is -2.26. The van der Waals surface area contributed by atoms with Crippen molar-refractivity contribution < 1.29 is 4.79 Å². The van der Waals surface area contributed by atoms with Crippen LogP contribution in [0.3, 0.4) is 0 Å². The van der Waals surface area contributed by atoms with Crippen molar-refractivity contribution in [2.75, 3.05) is 18.0 Å². The summed E-state index contributed by atoms with van der Waals surface area (Å²) in [5, 5.41) is 4.69. The lowest BCUT2D eigenvalue weighted by Crippen LogP contribution is -2.34. The van der Waals surface area contributed by atoms with Crippen molar-refractivity contribution in [3.8, 4) is 11.4 Å². The molecule has 196 valence electrons. The highest BCUT2D eigenvalue weighted by molar-refractivity contribution is 6.33. The summed E-state index contributed by atoms with van der Waals surface area (Å²) in [5.74, 6) is 1.37. The Morgan fingerprint density at radius 2 is 1.49 bits per heavy atom. The zero-order valence-electron chi connectivity index (χ0n) is 21.9. The van der Waals surface area contributed by atoms with E-state index in [0.29, 0.717) is 30.4 Å². The van der Waals surface area contributed by atoms with E-state index < -0.39 is 0 Å². The number of para-hydroxylation sites is 1. The summed E-state index contributed by atoms with van der Waals surface area (Å²) in [7, 11) is 0. The Morgan fingerprint density at radius 1 is 0.821 bits per heavy atom. The molecule has 5 nitrogen and oxygen atoms in total. The number of nitrogens with zero attached hydrogens (tertiary/aromatic N) is 3. The third-order valence-corrected chi connectivity index (χ3v) is 7.13. The number of halogens is 1. The van der Waals surface area contributed by atoms with E-state index in [9.17, 15) is 4.79 Å². The van der Waals surface area contributed by atoms with Crippen molar-refractivity contribution >= 4 is 34.2 Å². The number of hydrogen-bond donors (Lipinski definition) is 1. The van der Waals surface area contributed by atoms with Gasteiger partial charge in [-0.2, -0.15) is 0 Å². The normalized spacial score (nSPS) is 11.7. The molecule has 6 heteroatoms. The Kier molecular flexibility index (Phi) is 8.49. The van der Waals surface area contributed by atoms with Crippen LogP contribution in [-0.2, 0) is 11.2 Å². The number of carbonyl (C=O) groups excluding carboxylic acids is 1. The zero-order valence-corrected chi connectivity index (χ0v) is 22.7. The number of fused-ring (bicyclic) bond motifs is 1. The Labute approximate surface area is 234 Å². The average Bonchev–Trinajstić information content (AvgIpc) is 2.98. The van der Waals surface area contributed by atoms with Gasteiger partial charge in [0.15, 0.2) is 5.82 Å². The van der Waals surface area contributed by atoms with Crippen molar-refractivity contribution in [1.82, 2.24) is 15.3 Å². The molecule has 0 fully saturated rings. The third-order valence-electron chi connectivity index (χ3n) is 6.80. The van der Waals surface area contributed by atoms with Crippen LogP contribution in [0.15, 0.2) is 109 Å². The fourth-order valence-corrected chi connectivity index (χ4v) is 4.89. The SMILES string of the molecule is C[C@H](NC(=O)CCN(CCc1ccccc1)c1nc(-c2ccccc2Cl)nc2ccccc12)c1ccccc1. The van der Waals surface area contributed by atoms with Crippen LogP contribution >= 0.6 is 11.6 Å². The summed E-state index contributed by atoms with van der Waals surface area (Å²) in [6.07, 6.45) is 1.16. The molecule has 5 rings (SSSR count). The topological polar surface area (TPSA) is 58.1 Å². The van der Waals surface area contributed by atoms with Crippen molar-refractivity contribution in [3.63, 3.8) is 0 Å². The van der Waals surface area contributed by atoms with Crippen molar-refractivity contribution in [3.05, 3.63) is 125 Å². The monoisotopic (exact) mass is 534 g/mol. The van der Waals surface area contributed by atoms with Crippen LogP contribution in [0.25, 0.3) is 22.3 Å². The van der Waals surface area contributed by atoms with Crippen molar-refractivity contribution in [2.45, 2.75) is 25.8 Å². The van der Waals surface area contributed by atoms with Crippen LogP contribution in [0.5, 0.6) is 0 Å². The van der Waals surface area contributed by atoms with Gasteiger partial charge in [0.05, 0.1) is 16.6 Å². The van der Waals surface area contributed by atoms with Gasteiger partial charge in [-0.3, -0.25) is 4.79 Å². The molecular weight excluding hydrogens is 504 g/mol. The molecule has 0 bridgehead atoms. The smallest absolute Gasteiger partial charge is 0.222 e. The van der Waals surface area contributed by atoms with E-state index in [1.807, 2.05) is 104 Å². The van der Waals surface area contributed by atoms with Crippen molar-refractivity contribution in [1.29, 1.82) is 0 Å². The predicted molar refractivity (Wildman–Crippen MR) is 160 cm³/mol. The summed E-state index contributed by atoms with van der Waals surface area (Å²) in [5.41, 5.74) is 3.93. The van der Waals surface area contributed by atoms with Crippen LogP contribution in [-0.4, -0.2) is 29.0 Å². The summed E-state index contributed by atoms with van der Waals surface area (Å²) in [4.78, 5) is 25.1. The summed E-state index contributed by atoms with van der Waals surface area (Å²) in [6.45, 7) is 3.23. The number of benzene rings is 4. The van der Waals surface area contributed by atoms with Gasteiger partial charge in [-0.05, 0) is 48.7 Å². The largest absolute Gasteiger partial charge is 0.355 e. The van der Waals surface area contributed by atoms with E-state index >= 15 is 0 Å². The first-order valence-corrected chi connectivity index (χ1v) is 13.6. The molecule has 0 aliphatic heterocycles. The van der Waals surface area contributed by atoms with E-state index in [2.05, 4.69) is 22.3 Å². The highest BCUT2D eigenvalue weighted by Gasteiger charge is 2.18. The molecule has 5 aromatic rings. The lowest BCUT2D eigenvalue weighted by atomic mass is 10.1. The van der Waals surface area contributed by atoms with Gasteiger partial charge < -0.3 is 10.2 Å². The van der Waals surface area contributed by atoms with E-state index in [1.54, 1.807) is 0 Å². The van der Waals surface area contributed by atoms with Crippen LogP contribution < -0.4 is 10.2 Å². The Balaban J connectivity index is 1.45. The van der Waals surface area contributed by atoms with Crippen LogP contribution in [0.2, 0.25) is 5.02 Å². The summed E-state index contributed by atoms with van der Waals surface area (Å²) < 4.78 is 0. The number of carbonyl (C=O) groups is 1. The molecule has 4 aromatic carbocycles. The number of aromatic nitrogens is 2. The standard InChI is InChI=1S/C33H31ClN4O/c1-24(26-14-6-3-7-15-26)35-31(39)21-23-38(22-20-25-12-4-2-5-13-25)33-28-17-9-11-19-30(28)36-32(37-33)27-16-8-10-18-29(27)34/h2-19,24H,20-23H2,1H3,(H,35,39)/t24-/m0/s1. The van der Waals surface area contributed by atoms with Gasteiger partial charge in [0, 0.05) is 30.5 Å². The number of anilines is 1. The van der Waals surface area contributed by atoms with Gasteiger partial charge in [0.2, 0.25) is 5.91 Å². The van der Waals surface area contributed by atoms with Gasteiger partial charge in [0.1, 0.15) is 5.82 Å². The minimum Gasteiger partial charge on any atom is -0.355 e. The molecule has 1 N–H and O–H groups in total. The summed E-state index contributed by atoms with van der Waals surface area (Å²) in [6, 6.07) is 35.9. The van der Waals surface area contributed by atoms with Gasteiger partial charge >= 0.3 is 0 Å². The summed E-state index contributed by atoms with van der Waals surface area (Å²) >= 11 is 6.54. The fraction of sp³-hybridized carbons (Fsp3) is 0.182. The predicted octanol–water partition coefficient (Wildman–Crippen LogP) is 7.27. The van der Waals surface area contributed by atoms with Gasteiger partial charge in [-0.15, -0.1) is 0 Å². The van der Waals surface area contributed by atoms with Crippen molar-refractivity contribution in [2.24, 2.45) is 0 Å². The molecule has 39 heavy (non-hydrogen) atoms. The first-order valence-electron chi connectivity index (χ1n) is 13.2. The van der Waals surface area contributed by atoms with Gasteiger partial charge in [-0.1, -0.05) is 96.5 Å². The molecule has 0 aliphatic rings. The molecule has 1 heterocycles. The van der Waals surface area contributed by atoms with E-state index in [4.69, 9.17) is 21.6 Å². The molecule has 0 aliphatic carbocycles. The Hall–Kier alpha value is -4.22. The maximum atomic E-state index is 13.0. The zero-order chi connectivity index (χ0) is 27.0. The van der Waals surface area contributed by atoms with Crippen LogP contribution in [0.4, 0.5) is 5.82 Å². The second-order valence-corrected chi connectivity index (χ2v) is 9.95. The Morgan fingerprint density at radius 3 is 2.26 bits per heavy atom. The second kappa shape index (κ2) is 12.5. The van der Waals surface area contributed by atoms with E-state index in [1.165, 1.54) is 5.56 Å². The Bertz CT molecular complexity index is 1540. The lowest BCUT2D eigenvalue weighted by molar-refractivity contribution is -0.121. The van der Waals surface area contributed by atoms with Gasteiger partial charge in [-0.25, -0.2) is 9.97 Å². The highest BCUT2D eigenvalue weighted by Crippen LogP contribution is 2.31. The average molecular weight is 535 g/mol. The molecule has 1 atom stereocenters.